The summed E-state index contributed by atoms with van der Waals surface area (Å²) in [6, 6.07) is 3.99. The van der Waals surface area contributed by atoms with Gasteiger partial charge in [0.25, 0.3) is 0 Å². The van der Waals surface area contributed by atoms with Crippen molar-refractivity contribution in [1.29, 1.82) is 0 Å². The molecule has 116 valence electrons. The summed E-state index contributed by atoms with van der Waals surface area (Å²) >= 11 is 6.01. The van der Waals surface area contributed by atoms with Crippen LogP contribution in [-0.4, -0.2) is 27.4 Å². The number of nitrogens with two attached hydrogens (primary N) is 1. The maximum atomic E-state index is 12.4. The van der Waals surface area contributed by atoms with Gasteiger partial charge in [-0.15, -0.1) is 0 Å². The van der Waals surface area contributed by atoms with Gasteiger partial charge in [-0.05, 0) is 44.1 Å². The van der Waals surface area contributed by atoms with Crippen LogP contribution in [0.1, 0.15) is 19.8 Å². The molecule has 1 fully saturated rings. The van der Waals surface area contributed by atoms with E-state index in [1.807, 2.05) is 6.92 Å². The van der Waals surface area contributed by atoms with E-state index in [-0.39, 0.29) is 21.5 Å². The Morgan fingerprint density at radius 3 is 2.57 bits per heavy atom. The van der Waals surface area contributed by atoms with Gasteiger partial charge in [0.2, 0.25) is 15.9 Å². The van der Waals surface area contributed by atoms with Crippen molar-refractivity contribution < 1.29 is 13.2 Å². The smallest absolute Gasteiger partial charge is 0.238 e. The van der Waals surface area contributed by atoms with Crippen molar-refractivity contribution in [2.45, 2.75) is 24.7 Å². The largest absolute Gasteiger partial charge is 0.324 e. The van der Waals surface area contributed by atoms with E-state index < -0.39 is 15.4 Å². The van der Waals surface area contributed by atoms with Crippen LogP contribution < -0.4 is 15.8 Å². The predicted octanol–water partition coefficient (Wildman–Crippen LogP) is 1.32. The number of hydrogen-bond acceptors (Lipinski definition) is 4. The number of primary sulfonamides is 1. The van der Waals surface area contributed by atoms with Crippen molar-refractivity contribution in [3.63, 3.8) is 0 Å². The van der Waals surface area contributed by atoms with Gasteiger partial charge in [-0.1, -0.05) is 18.5 Å². The van der Waals surface area contributed by atoms with Gasteiger partial charge in [-0.25, -0.2) is 13.6 Å². The maximum absolute atomic E-state index is 12.4. The van der Waals surface area contributed by atoms with Crippen LogP contribution in [0, 0.1) is 5.41 Å². The molecule has 1 aliphatic heterocycles. The Bertz CT molecular complexity index is 655. The number of halogens is 1. The van der Waals surface area contributed by atoms with E-state index in [9.17, 15) is 13.2 Å². The van der Waals surface area contributed by atoms with E-state index in [4.69, 9.17) is 16.7 Å². The van der Waals surface area contributed by atoms with Gasteiger partial charge in [0.05, 0.1) is 15.6 Å². The zero-order chi connectivity index (χ0) is 15.7. The fourth-order valence-electron chi connectivity index (χ4n) is 2.26. The highest BCUT2D eigenvalue weighted by atomic mass is 35.5. The van der Waals surface area contributed by atoms with Crippen molar-refractivity contribution in [2.24, 2.45) is 10.6 Å². The summed E-state index contributed by atoms with van der Waals surface area (Å²) in [6.45, 7) is 3.43. The first-order chi connectivity index (χ1) is 9.72. The summed E-state index contributed by atoms with van der Waals surface area (Å²) in [5.41, 5.74) is -0.237. The van der Waals surface area contributed by atoms with Crippen molar-refractivity contribution in [3.05, 3.63) is 23.2 Å². The van der Waals surface area contributed by atoms with E-state index in [0.717, 1.165) is 13.1 Å². The monoisotopic (exact) mass is 331 g/mol. The minimum atomic E-state index is -3.84. The number of piperidine rings is 1. The Balaban J connectivity index is 2.24. The highest BCUT2D eigenvalue weighted by Gasteiger charge is 2.34. The molecule has 0 atom stereocenters. The molecular formula is C13H18ClN3O3S. The average molecular weight is 332 g/mol. The summed E-state index contributed by atoms with van der Waals surface area (Å²) in [7, 11) is -3.84. The molecule has 2 rings (SSSR count). The number of sulfonamides is 1. The molecule has 1 aliphatic rings. The zero-order valence-electron chi connectivity index (χ0n) is 11.6. The van der Waals surface area contributed by atoms with Gasteiger partial charge in [0.1, 0.15) is 0 Å². The number of rotatable bonds is 3. The molecule has 1 saturated heterocycles. The van der Waals surface area contributed by atoms with Gasteiger partial charge >= 0.3 is 0 Å². The first kappa shape index (κ1) is 16.2. The Labute approximate surface area is 129 Å². The Kier molecular flexibility index (Phi) is 4.57. The van der Waals surface area contributed by atoms with Crippen molar-refractivity contribution in [1.82, 2.24) is 5.32 Å². The number of carbonyl (C=O) groups excluding carboxylic acids is 1. The lowest BCUT2D eigenvalue weighted by molar-refractivity contribution is -0.126. The lowest BCUT2D eigenvalue weighted by atomic mass is 9.80. The summed E-state index contributed by atoms with van der Waals surface area (Å²) in [4.78, 5) is 12.3. The number of benzene rings is 1. The van der Waals surface area contributed by atoms with Crippen LogP contribution in [0.15, 0.2) is 23.1 Å². The second-order valence-electron chi connectivity index (χ2n) is 5.45. The third-order valence-corrected chi connectivity index (χ3v) is 5.01. The zero-order valence-corrected chi connectivity index (χ0v) is 13.2. The third-order valence-electron chi connectivity index (χ3n) is 3.77. The normalized spacial score (nSPS) is 18.2. The standard InChI is InChI=1S/C13H18ClN3O3S/c1-13(4-6-16-7-5-13)12(18)17-11-8-9(21(15,19)20)2-3-10(11)14/h2-3,8,16H,4-7H2,1H3,(H,17,18)(H2,15,19,20). The fraction of sp³-hybridized carbons (Fsp3) is 0.462. The van der Waals surface area contributed by atoms with Crippen LogP contribution in [0.4, 0.5) is 5.69 Å². The van der Waals surface area contributed by atoms with Gasteiger partial charge in [-0.2, -0.15) is 0 Å². The second kappa shape index (κ2) is 5.92. The minimum Gasteiger partial charge on any atom is -0.324 e. The molecule has 1 amide bonds. The third kappa shape index (κ3) is 3.74. The fourth-order valence-corrected chi connectivity index (χ4v) is 2.96. The second-order valence-corrected chi connectivity index (χ2v) is 7.42. The molecule has 0 aromatic heterocycles. The van der Waals surface area contributed by atoms with E-state index in [1.54, 1.807) is 0 Å². The van der Waals surface area contributed by atoms with Crippen molar-refractivity contribution >= 4 is 33.2 Å². The molecule has 21 heavy (non-hydrogen) atoms. The first-order valence-electron chi connectivity index (χ1n) is 6.57. The number of anilines is 1. The molecule has 4 N–H and O–H groups in total. The van der Waals surface area contributed by atoms with Gasteiger partial charge in [-0.3, -0.25) is 4.79 Å². The molecule has 1 aromatic carbocycles. The number of amides is 1. The predicted molar refractivity (Wildman–Crippen MR) is 81.7 cm³/mol. The maximum Gasteiger partial charge on any atom is 0.238 e. The molecule has 1 aromatic rings. The molecule has 0 unspecified atom stereocenters. The molecule has 0 radical (unpaired) electrons. The van der Waals surface area contributed by atoms with Gasteiger partial charge in [0.15, 0.2) is 0 Å². The molecular weight excluding hydrogens is 314 g/mol. The van der Waals surface area contributed by atoms with Crippen LogP contribution in [0.3, 0.4) is 0 Å². The molecule has 0 saturated carbocycles. The molecule has 0 aliphatic carbocycles. The first-order valence-corrected chi connectivity index (χ1v) is 8.49. The highest BCUT2D eigenvalue weighted by molar-refractivity contribution is 7.89. The molecule has 6 nitrogen and oxygen atoms in total. The van der Waals surface area contributed by atoms with Crippen LogP contribution in [-0.2, 0) is 14.8 Å². The molecule has 8 heteroatoms. The lowest BCUT2D eigenvalue weighted by Crippen LogP contribution is -2.42. The number of carbonyl (C=O) groups is 1. The van der Waals surface area contributed by atoms with Crippen molar-refractivity contribution in [3.8, 4) is 0 Å². The molecule has 0 bridgehead atoms. The van der Waals surface area contributed by atoms with Crippen LogP contribution in [0.2, 0.25) is 5.02 Å². The topological polar surface area (TPSA) is 101 Å². The van der Waals surface area contributed by atoms with Crippen LogP contribution in [0.5, 0.6) is 0 Å². The van der Waals surface area contributed by atoms with E-state index in [2.05, 4.69) is 10.6 Å². The summed E-state index contributed by atoms with van der Waals surface area (Å²) in [6.07, 6.45) is 1.43. The van der Waals surface area contributed by atoms with Crippen LogP contribution >= 0.6 is 11.6 Å². The van der Waals surface area contributed by atoms with E-state index in [0.29, 0.717) is 12.8 Å². The Morgan fingerprint density at radius 1 is 1.38 bits per heavy atom. The van der Waals surface area contributed by atoms with Gasteiger partial charge < -0.3 is 10.6 Å². The summed E-state index contributed by atoms with van der Waals surface area (Å²) < 4.78 is 22.7. The number of hydrogen-bond donors (Lipinski definition) is 3. The summed E-state index contributed by atoms with van der Waals surface area (Å²) in [5.74, 6) is -0.169. The minimum absolute atomic E-state index is 0.0855. The summed E-state index contributed by atoms with van der Waals surface area (Å²) in [5, 5.41) is 11.3. The molecule has 0 spiro atoms. The Hall–Kier alpha value is -1.15. The average Bonchev–Trinajstić information content (AvgIpc) is 2.40. The van der Waals surface area contributed by atoms with E-state index in [1.165, 1.54) is 18.2 Å². The van der Waals surface area contributed by atoms with Crippen molar-refractivity contribution in [2.75, 3.05) is 18.4 Å². The number of nitrogens with one attached hydrogen (secondary N) is 2. The van der Waals surface area contributed by atoms with Crippen LogP contribution in [0.25, 0.3) is 0 Å². The van der Waals surface area contributed by atoms with E-state index >= 15 is 0 Å². The highest BCUT2D eigenvalue weighted by Crippen LogP contribution is 2.32. The lowest BCUT2D eigenvalue weighted by Gasteiger charge is -2.32. The van der Waals surface area contributed by atoms with Gasteiger partial charge in [0, 0.05) is 5.41 Å². The molecule has 1 heterocycles. The quantitative estimate of drug-likeness (QED) is 0.777. The SMILES string of the molecule is CC1(C(=O)Nc2cc(S(N)(=O)=O)ccc2Cl)CCNCC1. The Morgan fingerprint density at radius 2 is 2.00 bits per heavy atom.